The molecule has 21 heavy (non-hydrogen) atoms. The summed E-state index contributed by atoms with van der Waals surface area (Å²) in [6.07, 6.45) is 7.80. The highest BCUT2D eigenvalue weighted by atomic mass is 15.3. The maximum Gasteiger partial charge on any atom is 0.132 e. The quantitative estimate of drug-likeness (QED) is 0.852. The molecule has 1 fully saturated rings. The Hall–Kier alpha value is -1.20. The summed E-state index contributed by atoms with van der Waals surface area (Å²) in [6.45, 7) is 4.39. The van der Waals surface area contributed by atoms with E-state index in [0.717, 1.165) is 44.8 Å². The molecule has 2 heterocycles. The molecule has 2 aliphatic rings. The molecule has 0 amide bonds. The summed E-state index contributed by atoms with van der Waals surface area (Å²) in [5, 5.41) is 3.60. The molecule has 1 aromatic rings. The predicted molar refractivity (Wildman–Crippen MR) is 85.7 cm³/mol. The van der Waals surface area contributed by atoms with Gasteiger partial charge in [0.2, 0.25) is 0 Å². The number of nitrogens with zero attached hydrogens (tertiary/aromatic N) is 4. The maximum absolute atomic E-state index is 4.51. The lowest BCUT2D eigenvalue weighted by Crippen LogP contribution is -2.52. The monoisotopic (exact) mass is 289 g/mol. The number of hydrogen-bond acceptors (Lipinski definition) is 5. The lowest BCUT2D eigenvalue weighted by molar-refractivity contribution is 0.122. The van der Waals surface area contributed by atoms with Gasteiger partial charge >= 0.3 is 0 Å². The van der Waals surface area contributed by atoms with Gasteiger partial charge in [-0.05, 0) is 39.8 Å². The Labute approximate surface area is 127 Å². The number of hydrogen-bond donors (Lipinski definition) is 1. The first-order chi connectivity index (χ1) is 10.2. The van der Waals surface area contributed by atoms with Gasteiger partial charge in [0, 0.05) is 43.5 Å². The van der Waals surface area contributed by atoms with Crippen LogP contribution >= 0.6 is 0 Å². The summed E-state index contributed by atoms with van der Waals surface area (Å²) >= 11 is 0. The molecule has 0 bridgehead atoms. The standard InChI is InChI=1S/C16H27N5/c1-20-8-9-21(2)13(11-20)10-17-16-14-6-4-3-5-7-15(14)18-12-19-16/h12-13H,3-11H2,1-2H3,(H,17,18,19). The Bertz CT molecular complexity index is 476. The van der Waals surface area contributed by atoms with Gasteiger partial charge in [-0.15, -0.1) is 0 Å². The minimum Gasteiger partial charge on any atom is -0.368 e. The van der Waals surface area contributed by atoms with Crippen LogP contribution in [0.3, 0.4) is 0 Å². The Morgan fingerprint density at radius 3 is 2.90 bits per heavy atom. The van der Waals surface area contributed by atoms with Crippen LogP contribution in [-0.4, -0.2) is 66.1 Å². The number of nitrogens with one attached hydrogen (secondary N) is 1. The molecule has 1 aliphatic heterocycles. The largest absolute Gasteiger partial charge is 0.368 e. The molecule has 1 aliphatic carbocycles. The third kappa shape index (κ3) is 3.52. The summed E-state index contributed by atoms with van der Waals surface area (Å²) in [5.74, 6) is 1.07. The van der Waals surface area contributed by atoms with Gasteiger partial charge in [0.05, 0.1) is 0 Å². The zero-order chi connectivity index (χ0) is 14.7. The van der Waals surface area contributed by atoms with Crippen LogP contribution in [0.4, 0.5) is 5.82 Å². The van der Waals surface area contributed by atoms with Gasteiger partial charge in [-0.1, -0.05) is 6.42 Å². The smallest absolute Gasteiger partial charge is 0.132 e. The second kappa shape index (κ2) is 6.71. The molecule has 0 aromatic carbocycles. The number of likely N-dealkylation sites (N-methyl/N-ethyl adjacent to an activating group) is 2. The van der Waals surface area contributed by atoms with Gasteiger partial charge < -0.3 is 10.2 Å². The highest BCUT2D eigenvalue weighted by molar-refractivity contribution is 5.46. The number of rotatable bonds is 3. The molecule has 3 rings (SSSR count). The van der Waals surface area contributed by atoms with Crippen molar-refractivity contribution in [1.29, 1.82) is 0 Å². The average Bonchev–Trinajstić information content (AvgIpc) is 2.74. The minimum atomic E-state index is 0.556. The van der Waals surface area contributed by atoms with Crippen molar-refractivity contribution in [2.24, 2.45) is 0 Å². The molecular formula is C16H27N5. The first kappa shape index (κ1) is 14.7. The molecule has 5 heteroatoms. The van der Waals surface area contributed by atoms with E-state index in [2.05, 4.69) is 39.2 Å². The molecule has 1 aromatic heterocycles. The van der Waals surface area contributed by atoms with Crippen molar-refractivity contribution in [2.75, 3.05) is 45.6 Å². The van der Waals surface area contributed by atoms with Crippen molar-refractivity contribution < 1.29 is 0 Å². The number of aryl methyl sites for hydroxylation is 1. The van der Waals surface area contributed by atoms with E-state index in [4.69, 9.17) is 0 Å². The molecule has 1 N–H and O–H groups in total. The Balaban J connectivity index is 1.67. The van der Waals surface area contributed by atoms with Crippen LogP contribution < -0.4 is 5.32 Å². The van der Waals surface area contributed by atoms with Gasteiger partial charge in [-0.25, -0.2) is 9.97 Å². The van der Waals surface area contributed by atoms with Crippen molar-refractivity contribution in [3.63, 3.8) is 0 Å². The van der Waals surface area contributed by atoms with Gasteiger partial charge in [-0.3, -0.25) is 4.90 Å². The molecule has 116 valence electrons. The highest BCUT2D eigenvalue weighted by Gasteiger charge is 2.22. The van der Waals surface area contributed by atoms with Gasteiger partial charge in [0.1, 0.15) is 12.1 Å². The maximum atomic E-state index is 4.51. The third-order valence-electron chi connectivity index (χ3n) is 4.86. The summed E-state index contributed by atoms with van der Waals surface area (Å²) in [5.41, 5.74) is 2.63. The molecule has 1 unspecified atom stereocenters. The molecule has 1 saturated heterocycles. The van der Waals surface area contributed by atoms with Gasteiger partial charge in [0.25, 0.3) is 0 Å². The van der Waals surface area contributed by atoms with Crippen LogP contribution in [0.25, 0.3) is 0 Å². The van der Waals surface area contributed by atoms with Gasteiger partial charge in [-0.2, -0.15) is 0 Å². The molecule has 5 nitrogen and oxygen atoms in total. The summed E-state index contributed by atoms with van der Waals surface area (Å²) in [6, 6.07) is 0.556. The van der Waals surface area contributed by atoms with Crippen molar-refractivity contribution in [3.05, 3.63) is 17.6 Å². The first-order valence-electron chi connectivity index (χ1n) is 8.19. The van der Waals surface area contributed by atoms with E-state index in [1.165, 1.54) is 30.5 Å². The molecule has 1 atom stereocenters. The number of aromatic nitrogens is 2. The average molecular weight is 289 g/mol. The van der Waals surface area contributed by atoms with Gasteiger partial charge in [0.15, 0.2) is 0 Å². The Kier molecular flexibility index (Phi) is 4.70. The number of anilines is 1. The lowest BCUT2D eigenvalue weighted by atomic mass is 10.1. The fourth-order valence-electron chi connectivity index (χ4n) is 3.39. The van der Waals surface area contributed by atoms with Crippen LogP contribution in [0.2, 0.25) is 0 Å². The molecule has 0 radical (unpaired) electrons. The van der Waals surface area contributed by atoms with E-state index < -0.39 is 0 Å². The molecular weight excluding hydrogens is 262 g/mol. The first-order valence-corrected chi connectivity index (χ1v) is 8.19. The second-order valence-corrected chi connectivity index (χ2v) is 6.49. The SMILES string of the molecule is CN1CCN(C)C(CNc2ncnc3c2CCCCC3)C1. The van der Waals surface area contributed by atoms with E-state index in [-0.39, 0.29) is 0 Å². The summed E-state index contributed by atoms with van der Waals surface area (Å²) in [4.78, 5) is 13.9. The topological polar surface area (TPSA) is 44.3 Å². The predicted octanol–water partition coefficient (Wildman–Crippen LogP) is 1.40. The minimum absolute atomic E-state index is 0.556. The van der Waals surface area contributed by atoms with Crippen LogP contribution in [0.5, 0.6) is 0 Å². The van der Waals surface area contributed by atoms with Crippen molar-refractivity contribution >= 4 is 5.82 Å². The van der Waals surface area contributed by atoms with Crippen LogP contribution in [0.1, 0.15) is 30.5 Å². The molecule has 0 spiro atoms. The second-order valence-electron chi connectivity index (χ2n) is 6.49. The fourth-order valence-corrected chi connectivity index (χ4v) is 3.39. The molecule has 0 saturated carbocycles. The van der Waals surface area contributed by atoms with E-state index in [9.17, 15) is 0 Å². The summed E-state index contributed by atoms with van der Waals surface area (Å²) < 4.78 is 0. The van der Waals surface area contributed by atoms with Crippen LogP contribution in [0, 0.1) is 0 Å². The lowest BCUT2D eigenvalue weighted by Gasteiger charge is -2.37. The Morgan fingerprint density at radius 2 is 2.00 bits per heavy atom. The third-order valence-corrected chi connectivity index (χ3v) is 4.86. The van der Waals surface area contributed by atoms with Crippen molar-refractivity contribution in [3.8, 4) is 0 Å². The number of fused-ring (bicyclic) bond motifs is 1. The van der Waals surface area contributed by atoms with E-state index in [1.807, 2.05) is 0 Å². The fraction of sp³-hybridized carbons (Fsp3) is 0.750. The Morgan fingerprint density at radius 1 is 1.14 bits per heavy atom. The summed E-state index contributed by atoms with van der Waals surface area (Å²) in [7, 11) is 4.43. The number of piperazine rings is 1. The zero-order valence-corrected chi connectivity index (χ0v) is 13.3. The zero-order valence-electron chi connectivity index (χ0n) is 13.3. The van der Waals surface area contributed by atoms with Crippen LogP contribution in [0.15, 0.2) is 6.33 Å². The van der Waals surface area contributed by atoms with Crippen molar-refractivity contribution in [2.45, 2.75) is 38.1 Å². The van der Waals surface area contributed by atoms with Crippen molar-refractivity contribution in [1.82, 2.24) is 19.8 Å². The normalized spacial score (nSPS) is 24.4. The van der Waals surface area contributed by atoms with E-state index in [1.54, 1.807) is 6.33 Å². The highest BCUT2D eigenvalue weighted by Crippen LogP contribution is 2.24. The van der Waals surface area contributed by atoms with Crippen LogP contribution in [-0.2, 0) is 12.8 Å². The van der Waals surface area contributed by atoms with E-state index in [0.29, 0.717) is 6.04 Å². The van der Waals surface area contributed by atoms with E-state index >= 15 is 0 Å².